The summed E-state index contributed by atoms with van der Waals surface area (Å²) in [5, 5.41) is 8.69. The Morgan fingerprint density at radius 1 is 1.50 bits per heavy atom. The van der Waals surface area contributed by atoms with Crippen LogP contribution in [0.5, 0.6) is 0 Å². The van der Waals surface area contributed by atoms with E-state index in [4.69, 9.17) is 10.8 Å². The Labute approximate surface area is 79.0 Å². The van der Waals surface area contributed by atoms with Gasteiger partial charge in [-0.15, -0.1) is 0 Å². The van der Waals surface area contributed by atoms with E-state index in [0.717, 1.165) is 0 Å². The first kappa shape index (κ1) is 8.49. The summed E-state index contributed by atoms with van der Waals surface area (Å²) in [6.45, 7) is 1.74. The SMILES string of the molecule is Cc1nc2nc(C(=O)O)cn2cc1N. The van der Waals surface area contributed by atoms with Gasteiger partial charge in [-0.2, -0.15) is 0 Å². The Morgan fingerprint density at radius 2 is 2.21 bits per heavy atom. The van der Waals surface area contributed by atoms with E-state index in [1.54, 1.807) is 13.1 Å². The molecule has 0 bridgehead atoms. The van der Waals surface area contributed by atoms with Crippen molar-refractivity contribution in [2.24, 2.45) is 0 Å². The van der Waals surface area contributed by atoms with Gasteiger partial charge in [-0.1, -0.05) is 0 Å². The van der Waals surface area contributed by atoms with E-state index in [-0.39, 0.29) is 5.69 Å². The van der Waals surface area contributed by atoms with Crippen molar-refractivity contribution < 1.29 is 9.90 Å². The van der Waals surface area contributed by atoms with E-state index in [1.165, 1.54) is 10.6 Å². The molecule has 0 amide bonds. The van der Waals surface area contributed by atoms with Crippen molar-refractivity contribution in [3.05, 3.63) is 23.8 Å². The van der Waals surface area contributed by atoms with Gasteiger partial charge >= 0.3 is 5.97 Å². The summed E-state index contributed by atoms with van der Waals surface area (Å²) in [4.78, 5) is 18.5. The predicted octanol–water partition coefficient (Wildman–Crippen LogP) is 0.318. The highest BCUT2D eigenvalue weighted by Gasteiger charge is 2.10. The Hall–Kier alpha value is -2.11. The number of fused-ring (bicyclic) bond motifs is 1. The lowest BCUT2D eigenvalue weighted by molar-refractivity contribution is 0.0691. The number of nitrogen functional groups attached to an aromatic ring is 1. The smallest absolute Gasteiger partial charge is 0.356 e. The van der Waals surface area contributed by atoms with Crippen LogP contribution < -0.4 is 5.73 Å². The highest BCUT2D eigenvalue weighted by Crippen LogP contribution is 2.10. The minimum absolute atomic E-state index is 0.0394. The highest BCUT2D eigenvalue weighted by molar-refractivity contribution is 5.85. The van der Waals surface area contributed by atoms with Crippen LogP contribution in [0.3, 0.4) is 0 Å². The molecular formula is C8H8N4O2. The summed E-state index contributed by atoms with van der Waals surface area (Å²) in [6, 6.07) is 0. The Bertz CT molecular complexity index is 478. The minimum atomic E-state index is -1.08. The number of imidazole rings is 1. The molecule has 0 aliphatic carbocycles. The summed E-state index contributed by atoms with van der Waals surface area (Å²) in [6.07, 6.45) is 2.97. The number of aromatic carboxylic acids is 1. The van der Waals surface area contributed by atoms with Crippen molar-refractivity contribution >= 4 is 17.4 Å². The van der Waals surface area contributed by atoms with Gasteiger partial charge in [0.25, 0.3) is 0 Å². The lowest BCUT2D eigenvalue weighted by Gasteiger charge is -1.98. The molecule has 0 saturated carbocycles. The lowest BCUT2D eigenvalue weighted by atomic mass is 10.4. The van der Waals surface area contributed by atoms with Gasteiger partial charge < -0.3 is 10.8 Å². The molecule has 2 heterocycles. The Kier molecular flexibility index (Phi) is 1.63. The maximum absolute atomic E-state index is 10.6. The summed E-state index contributed by atoms with van der Waals surface area (Å²) in [5.41, 5.74) is 6.72. The van der Waals surface area contributed by atoms with Crippen LogP contribution in [0, 0.1) is 6.92 Å². The third-order valence-corrected chi connectivity index (χ3v) is 1.90. The molecule has 72 valence electrons. The van der Waals surface area contributed by atoms with Gasteiger partial charge in [0.15, 0.2) is 5.69 Å². The zero-order chi connectivity index (χ0) is 10.3. The van der Waals surface area contributed by atoms with Crippen molar-refractivity contribution in [3.63, 3.8) is 0 Å². The van der Waals surface area contributed by atoms with Crippen molar-refractivity contribution in [1.82, 2.24) is 14.4 Å². The quantitative estimate of drug-likeness (QED) is 0.678. The van der Waals surface area contributed by atoms with Gasteiger partial charge in [0.05, 0.1) is 11.4 Å². The average Bonchev–Trinajstić information content (AvgIpc) is 2.48. The second kappa shape index (κ2) is 2.69. The maximum atomic E-state index is 10.6. The van der Waals surface area contributed by atoms with Crippen molar-refractivity contribution in [2.75, 3.05) is 5.73 Å². The maximum Gasteiger partial charge on any atom is 0.356 e. The molecular weight excluding hydrogens is 184 g/mol. The summed E-state index contributed by atoms with van der Waals surface area (Å²) in [5.74, 6) is -0.735. The molecule has 2 aromatic rings. The molecule has 3 N–H and O–H groups in total. The molecule has 6 nitrogen and oxygen atoms in total. The average molecular weight is 192 g/mol. The minimum Gasteiger partial charge on any atom is -0.476 e. The number of nitrogens with two attached hydrogens (primary N) is 1. The lowest BCUT2D eigenvalue weighted by Crippen LogP contribution is -1.97. The van der Waals surface area contributed by atoms with Crippen LogP contribution in [0.15, 0.2) is 12.4 Å². The van der Waals surface area contributed by atoms with Crippen molar-refractivity contribution in [2.45, 2.75) is 6.92 Å². The second-order valence-corrected chi connectivity index (χ2v) is 2.92. The molecule has 14 heavy (non-hydrogen) atoms. The van der Waals surface area contributed by atoms with Crippen molar-refractivity contribution in [3.8, 4) is 0 Å². The molecule has 0 fully saturated rings. The van der Waals surface area contributed by atoms with Gasteiger partial charge in [0.1, 0.15) is 0 Å². The fraction of sp³-hybridized carbons (Fsp3) is 0.125. The van der Waals surface area contributed by atoms with Gasteiger partial charge in [0, 0.05) is 12.4 Å². The van der Waals surface area contributed by atoms with E-state index in [0.29, 0.717) is 17.2 Å². The zero-order valence-electron chi connectivity index (χ0n) is 7.43. The molecule has 0 spiro atoms. The number of hydrogen-bond acceptors (Lipinski definition) is 4. The number of carbonyl (C=O) groups is 1. The normalized spacial score (nSPS) is 10.6. The molecule has 6 heteroatoms. The number of hydrogen-bond donors (Lipinski definition) is 2. The number of rotatable bonds is 1. The van der Waals surface area contributed by atoms with E-state index in [2.05, 4.69) is 9.97 Å². The van der Waals surface area contributed by atoms with E-state index < -0.39 is 5.97 Å². The first-order valence-electron chi connectivity index (χ1n) is 3.93. The van der Waals surface area contributed by atoms with Crippen molar-refractivity contribution in [1.29, 1.82) is 0 Å². The van der Waals surface area contributed by atoms with Gasteiger partial charge in [-0.05, 0) is 6.92 Å². The summed E-state index contributed by atoms with van der Waals surface area (Å²) < 4.78 is 1.49. The molecule has 0 saturated heterocycles. The van der Waals surface area contributed by atoms with E-state index >= 15 is 0 Å². The first-order chi connectivity index (χ1) is 6.58. The Balaban J connectivity index is 2.72. The van der Waals surface area contributed by atoms with Crippen LogP contribution in [0.4, 0.5) is 5.69 Å². The molecule has 0 atom stereocenters. The number of carboxylic acids is 1. The predicted molar refractivity (Wildman–Crippen MR) is 49.1 cm³/mol. The molecule has 0 radical (unpaired) electrons. The van der Waals surface area contributed by atoms with Crippen LogP contribution >= 0.6 is 0 Å². The summed E-state index contributed by atoms with van der Waals surface area (Å²) in [7, 11) is 0. The highest BCUT2D eigenvalue weighted by atomic mass is 16.4. The van der Waals surface area contributed by atoms with Gasteiger partial charge in [-0.3, -0.25) is 4.40 Å². The van der Waals surface area contributed by atoms with Gasteiger partial charge in [0.2, 0.25) is 5.78 Å². The van der Waals surface area contributed by atoms with Crippen LogP contribution in [0.1, 0.15) is 16.2 Å². The third kappa shape index (κ3) is 1.17. The largest absolute Gasteiger partial charge is 0.476 e. The topological polar surface area (TPSA) is 93.5 Å². The number of anilines is 1. The first-order valence-corrected chi connectivity index (χ1v) is 3.93. The third-order valence-electron chi connectivity index (χ3n) is 1.90. The van der Waals surface area contributed by atoms with Crippen LogP contribution in [0.2, 0.25) is 0 Å². The molecule has 0 aliphatic rings. The zero-order valence-corrected chi connectivity index (χ0v) is 7.43. The van der Waals surface area contributed by atoms with E-state index in [1.807, 2.05) is 0 Å². The second-order valence-electron chi connectivity index (χ2n) is 2.92. The number of carboxylic acid groups (broad SMARTS) is 1. The molecule has 2 aromatic heterocycles. The molecule has 2 rings (SSSR count). The molecule has 0 aliphatic heterocycles. The van der Waals surface area contributed by atoms with Gasteiger partial charge in [-0.25, -0.2) is 14.8 Å². The van der Waals surface area contributed by atoms with Crippen LogP contribution in [-0.2, 0) is 0 Å². The van der Waals surface area contributed by atoms with Crippen LogP contribution in [0.25, 0.3) is 5.78 Å². The monoisotopic (exact) mass is 192 g/mol. The molecule has 0 unspecified atom stereocenters. The summed E-state index contributed by atoms with van der Waals surface area (Å²) >= 11 is 0. The number of nitrogens with zero attached hydrogens (tertiary/aromatic N) is 3. The fourth-order valence-corrected chi connectivity index (χ4v) is 1.12. The number of aromatic nitrogens is 3. The number of aryl methyl sites for hydroxylation is 1. The van der Waals surface area contributed by atoms with Crippen LogP contribution in [-0.4, -0.2) is 25.4 Å². The standard InChI is InChI=1S/C8H8N4O2/c1-4-5(9)2-12-3-6(7(13)14)11-8(12)10-4/h2-3H,9H2,1H3,(H,13,14). The Morgan fingerprint density at radius 3 is 2.86 bits per heavy atom. The molecule has 0 aromatic carbocycles. The fourth-order valence-electron chi connectivity index (χ4n) is 1.12. The van der Waals surface area contributed by atoms with E-state index in [9.17, 15) is 4.79 Å².